The molecule has 122 valence electrons. The van der Waals surface area contributed by atoms with Gasteiger partial charge in [0.15, 0.2) is 0 Å². The summed E-state index contributed by atoms with van der Waals surface area (Å²) in [7, 11) is 3.92. The average Bonchev–Trinajstić information content (AvgIpc) is 2.47. The molecule has 0 spiro atoms. The van der Waals surface area contributed by atoms with Crippen molar-refractivity contribution in [2.45, 2.75) is 19.4 Å². The lowest BCUT2D eigenvalue weighted by molar-refractivity contribution is 0.0928. The third-order valence-electron chi connectivity index (χ3n) is 3.55. The van der Waals surface area contributed by atoms with E-state index in [4.69, 9.17) is 0 Å². The van der Waals surface area contributed by atoms with Gasteiger partial charge in [-0.15, -0.1) is 0 Å². The first-order valence-corrected chi connectivity index (χ1v) is 7.65. The summed E-state index contributed by atoms with van der Waals surface area (Å²) in [5, 5.41) is 2.97. The molecule has 1 aromatic heterocycles. The van der Waals surface area contributed by atoms with Crippen molar-refractivity contribution in [1.82, 2.24) is 15.2 Å². The topological polar surface area (TPSA) is 65.2 Å². The van der Waals surface area contributed by atoms with Crippen LogP contribution in [0.5, 0.6) is 0 Å². The van der Waals surface area contributed by atoms with E-state index in [1.165, 1.54) is 0 Å². The molecule has 0 unspecified atom stereocenters. The van der Waals surface area contributed by atoms with Crippen LogP contribution in [-0.4, -0.2) is 42.5 Å². The first kappa shape index (κ1) is 17.0. The Morgan fingerprint density at radius 2 is 1.87 bits per heavy atom. The summed E-state index contributed by atoms with van der Waals surface area (Å²) >= 11 is 0. The highest BCUT2D eigenvalue weighted by Gasteiger charge is 2.17. The van der Waals surface area contributed by atoms with E-state index >= 15 is 0 Å². The van der Waals surface area contributed by atoms with E-state index in [2.05, 4.69) is 10.3 Å². The molecule has 1 aromatic carbocycles. The monoisotopic (exact) mass is 313 g/mol. The third-order valence-corrected chi connectivity index (χ3v) is 3.55. The predicted octanol–water partition coefficient (Wildman–Crippen LogP) is 1.59. The van der Waals surface area contributed by atoms with Gasteiger partial charge in [0, 0.05) is 18.3 Å². The Morgan fingerprint density at radius 3 is 2.48 bits per heavy atom. The number of benzene rings is 1. The van der Waals surface area contributed by atoms with Crippen molar-refractivity contribution >= 4 is 5.91 Å². The maximum Gasteiger partial charge on any atom is 0.260 e. The van der Waals surface area contributed by atoms with Crippen LogP contribution in [0.3, 0.4) is 0 Å². The van der Waals surface area contributed by atoms with Gasteiger partial charge < -0.3 is 15.2 Å². The summed E-state index contributed by atoms with van der Waals surface area (Å²) in [4.78, 5) is 29.0. The largest absolute Gasteiger partial charge is 0.348 e. The molecule has 1 atom stereocenters. The summed E-state index contributed by atoms with van der Waals surface area (Å²) < 4.78 is 0. The molecule has 2 rings (SSSR count). The maximum absolute atomic E-state index is 12.4. The van der Waals surface area contributed by atoms with Crippen LogP contribution in [0.4, 0.5) is 0 Å². The highest BCUT2D eigenvalue weighted by atomic mass is 16.2. The van der Waals surface area contributed by atoms with Crippen molar-refractivity contribution in [3.8, 4) is 0 Å². The van der Waals surface area contributed by atoms with Gasteiger partial charge in [0.2, 0.25) is 0 Å². The fourth-order valence-electron chi connectivity index (χ4n) is 2.51. The van der Waals surface area contributed by atoms with Crippen LogP contribution in [0.1, 0.15) is 21.6 Å². The lowest BCUT2D eigenvalue weighted by Gasteiger charge is -2.22. The number of nitrogens with one attached hydrogen (secondary N) is 2. The van der Waals surface area contributed by atoms with Crippen LogP contribution in [0.25, 0.3) is 0 Å². The average molecular weight is 313 g/mol. The van der Waals surface area contributed by atoms with Crippen LogP contribution < -0.4 is 10.9 Å². The first-order valence-electron chi connectivity index (χ1n) is 7.65. The smallest absolute Gasteiger partial charge is 0.260 e. The molecule has 2 aromatic rings. The van der Waals surface area contributed by atoms with Crippen molar-refractivity contribution in [3.63, 3.8) is 0 Å². The second-order valence-electron chi connectivity index (χ2n) is 6.01. The normalized spacial score (nSPS) is 12.2. The number of H-pyrrole nitrogens is 1. The van der Waals surface area contributed by atoms with Crippen molar-refractivity contribution < 1.29 is 4.79 Å². The first-order chi connectivity index (χ1) is 11.0. The molecular formula is C18H23N3O2. The van der Waals surface area contributed by atoms with Gasteiger partial charge in [-0.05, 0) is 45.1 Å². The van der Waals surface area contributed by atoms with Gasteiger partial charge in [-0.2, -0.15) is 0 Å². The Labute approximate surface area is 136 Å². The Balaban J connectivity index is 2.13. The van der Waals surface area contributed by atoms with Gasteiger partial charge in [0.1, 0.15) is 5.56 Å². The Bertz CT molecular complexity index is 708. The van der Waals surface area contributed by atoms with Crippen LogP contribution in [0, 0.1) is 6.92 Å². The molecular weight excluding hydrogens is 290 g/mol. The molecule has 0 bridgehead atoms. The number of aromatic amines is 1. The van der Waals surface area contributed by atoms with Crippen molar-refractivity contribution in [1.29, 1.82) is 0 Å². The number of aryl methyl sites for hydroxylation is 1. The lowest BCUT2D eigenvalue weighted by atomic mass is 10.1. The van der Waals surface area contributed by atoms with Gasteiger partial charge in [-0.25, -0.2) is 0 Å². The molecule has 1 amide bonds. The minimum atomic E-state index is -0.356. The number of carbonyl (C=O) groups excluding carboxylic acids is 1. The molecule has 2 N–H and O–H groups in total. The molecule has 23 heavy (non-hydrogen) atoms. The summed E-state index contributed by atoms with van der Waals surface area (Å²) in [6.07, 6.45) is 0.717. The molecule has 0 aliphatic rings. The molecule has 0 saturated carbocycles. The van der Waals surface area contributed by atoms with Crippen LogP contribution in [0.15, 0.2) is 47.3 Å². The summed E-state index contributed by atoms with van der Waals surface area (Å²) in [5.41, 5.74) is 1.68. The molecule has 1 heterocycles. The molecule has 0 fully saturated rings. The van der Waals surface area contributed by atoms with Gasteiger partial charge >= 0.3 is 0 Å². The SMILES string of the molecule is Cc1ccc(C(=O)N[C@@H](Cc2ccccc2)CN(C)C)c(=O)[nH]1. The second-order valence-corrected chi connectivity index (χ2v) is 6.01. The number of likely N-dealkylation sites (N-methyl/N-ethyl adjacent to an activating group) is 1. The number of carbonyl (C=O) groups is 1. The van der Waals surface area contributed by atoms with E-state index in [0.717, 1.165) is 11.3 Å². The molecule has 5 nitrogen and oxygen atoms in total. The van der Waals surface area contributed by atoms with E-state index in [1.54, 1.807) is 19.1 Å². The number of hydrogen-bond acceptors (Lipinski definition) is 3. The number of hydrogen-bond donors (Lipinski definition) is 2. The molecule has 0 aliphatic heterocycles. The van der Waals surface area contributed by atoms with E-state index in [9.17, 15) is 9.59 Å². The van der Waals surface area contributed by atoms with Gasteiger partial charge in [0.05, 0.1) is 0 Å². The number of amides is 1. The third kappa shape index (κ3) is 5.07. The van der Waals surface area contributed by atoms with Gasteiger partial charge in [-0.3, -0.25) is 9.59 Å². The number of rotatable bonds is 6. The Hall–Kier alpha value is -2.40. The zero-order valence-electron chi connectivity index (χ0n) is 13.8. The van der Waals surface area contributed by atoms with Crippen molar-refractivity contribution in [3.05, 3.63) is 69.6 Å². The summed E-state index contributed by atoms with van der Waals surface area (Å²) in [6, 6.07) is 13.2. The van der Waals surface area contributed by atoms with Gasteiger partial charge in [0.25, 0.3) is 11.5 Å². The van der Waals surface area contributed by atoms with E-state index in [1.807, 2.05) is 49.3 Å². The zero-order chi connectivity index (χ0) is 16.8. The fraction of sp³-hybridized carbons (Fsp3) is 0.333. The highest BCUT2D eigenvalue weighted by molar-refractivity contribution is 5.94. The number of nitrogens with zero attached hydrogens (tertiary/aromatic N) is 1. The quantitative estimate of drug-likeness (QED) is 0.851. The van der Waals surface area contributed by atoms with Crippen molar-refractivity contribution in [2.75, 3.05) is 20.6 Å². The molecule has 0 radical (unpaired) electrons. The van der Waals surface area contributed by atoms with E-state index in [-0.39, 0.29) is 23.1 Å². The van der Waals surface area contributed by atoms with Crippen LogP contribution >= 0.6 is 0 Å². The van der Waals surface area contributed by atoms with E-state index in [0.29, 0.717) is 13.0 Å². The Kier molecular flexibility index (Phi) is 5.71. The fourth-order valence-corrected chi connectivity index (χ4v) is 2.51. The zero-order valence-corrected chi connectivity index (χ0v) is 13.8. The van der Waals surface area contributed by atoms with E-state index < -0.39 is 0 Å². The number of pyridine rings is 1. The van der Waals surface area contributed by atoms with Crippen molar-refractivity contribution in [2.24, 2.45) is 0 Å². The summed E-state index contributed by atoms with van der Waals surface area (Å²) in [5.74, 6) is -0.339. The molecule has 0 aliphatic carbocycles. The van der Waals surface area contributed by atoms with Gasteiger partial charge in [-0.1, -0.05) is 30.3 Å². The second kappa shape index (κ2) is 7.74. The lowest BCUT2D eigenvalue weighted by Crippen LogP contribution is -2.44. The minimum absolute atomic E-state index is 0.0689. The van der Waals surface area contributed by atoms with Crippen LogP contribution in [0.2, 0.25) is 0 Å². The Morgan fingerprint density at radius 1 is 1.17 bits per heavy atom. The molecule has 5 heteroatoms. The predicted molar refractivity (Wildman–Crippen MR) is 91.8 cm³/mol. The minimum Gasteiger partial charge on any atom is -0.348 e. The highest BCUT2D eigenvalue weighted by Crippen LogP contribution is 2.05. The van der Waals surface area contributed by atoms with Crippen LogP contribution in [-0.2, 0) is 6.42 Å². The molecule has 0 saturated heterocycles. The standard InChI is InChI=1S/C18H23N3O2/c1-13-9-10-16(17(22)19-13)18(23)20-15(12-21(2)3)11-14-7-5-4-6-8-14/h4-10,15H,11-12H2,1-3H3,(H,19,22)(H,20,23)/t15-/m0/s1. The summed E-state index contributed by atoms with van der Waals surface area (Å²) in [6.45, 7) is 2.48. The maximum atomic E-state index is 12.4. The number of aromatic nitrogens is 1.